The van der Waals surface area contributed by atoms with Crippen molar-refractivity contribution in [3.05, 3.63) is 48.0 Å². The maximum Gasteiger partial charge on any atom is 0.411 e. The van der Waals surface area contributed by atoms with Crippen molar-refractivity contribution in [2.24, 2.45) is 0 Å². The monoisotopic (exact) mass is 407 g/mol. The molecular formula is C20H26NO6P. The molecule has 0 radical (unpaired) electrons. The van der Waals surface area contributed by atoms with E-state index in [4.69, 9.17) is 14.5 Å². The first-order valence-electron chi connectivity index (χ1n) is 9.19. The minimum absolute atomic E-state index is 0.165. The number of aliphatic hydroxyl groups excluding tert-OH is 1. The van der Waals surface area contributed by atoms with E-state index in [1.165, 1.54) is 4.90 Å². The number of carbonyl (C=O) groups is 1. The highest BCUT2D eigenvalue weighted by molar-refractivity contribution is 7.51. The van der Waals surface area contributed by atoms with Gasteiger partial charge in [-0.1, -0.05) is 48.4 Å². The first kappa shape index (κ1) is 22.2. The summed E-state index contributed by atoms with van der Waals surface area (Å²) in [5, 5.41) is 10.2. The molecule has 152 valence electrons. The molecule has 2 atom stereocenters. The Morgan fingerprint density at radius 2 is 2.04 bits per heavy atom. The first-order chi connectivity index (χ1) is 13.3. The molecule has 0 aromatic heterocycles. The van der Waals surface area contributed by atoms with Crippen molar-refractivity contribution in [3.8, 4) is 11.8 Å². The first-order valence-corrected chi connectivity index (χ1v) is 11.0. The maximum absolute atomic E-state index is 12.0. The lowest BCUT2D eigenvalue weighted by atomic mass is 10.1. The summed E-state index contributed by atoms with van der Waals surface area (Å²) in [6, 6.07) is 9.44. The molecular weight excluding hydrogens is 381 g/mol. The molecule has 1 heterocycles. The number of carbonyl (C=O) groups excluding carboxylic acids is 1. The summed E-state index contributed by atoms with van der Waals surface area (Å²) < 4.78 is 15.9. The molecule has 1 aromatic carbocycles. The summed E-state index contributed by atoms with van der Waals surface area (Å²) in [5.74, 6) is 5.68. The minimum Gasteiger partial charge on any atom is -0.449 e. The zero-order valence-corrected chi connectivity index (χ0v) is 16.5. The molecule has 1 aromatic rings. The summed E-state index contributed by atoms with van der Waals surface area (Å²) >= 11 is 0. The molecule has 0 spiro atoms. The van der Waals surface area contributed by atoms with Gasteiger partial charge in [0.2, 0.25) is 0 Å². The van der Waals surface area contributed by atoms with Crippen LogP contribution in [0.15, 0.2) is 42.5 Å². The number of aliphatic hydroxyl groups is 1. The Balaban J connectivity index is 1.87. The molecule has 2 rings (SSSR count). The van der Waals surface area contributed by atoms with E-state index in [-0.39, 0.29) is 18.7 Å². The SMILES string of the molecule is O=C1OCC[C@H](C=CC(O)Cc2ccccc2)N1CC#CCCCP(=O)(O)O. The Kier molecular flexibility index (Phi) is 8.75. The smallest absolute Gasteiger partial charge is 0.411 e. The number of cyclic esters (lactones) is 1. The molecule has 1 saturated heterocycles. The average molecular weight is 407 g/mol. The van der Waals surface area contributed by atoms with E-state index in [0.29, 0.717) is 32.3 Å². The third kappa shape index (κ3) is 8.28. The summed E-state index contributed by atoms with van der Waals surface area (Å²) in [6.07, 6.45) is 3.96. The van der Waals surface area contributed by atoms with Gasteiger partial charge in [0.05, 0.1) is 31.5 Å². The van der Waals surface area contributed by atoms with Gasteiger partial charge in [-0.05, 0) is 12.0 Å². The van der Waals surface area contributed by atoms with Gasteiger partial charge < -0.3 is 19.6 Å². The van der Waals surface area contributed by atoms with E-state index in [1.807, 2.05) is 36.4 Å². The molecule has 8 heteroatoms. The topological polar surface area (TPSA) is 107 Å². The summed E-state index contributed by atoms with van der Waals surface area (Å²) in [7, 11) is -3.99. The van der Waals surface area contributed by atoms with E-state index < -0.39 is 19.8 Å². The van der Waals surface area contributed by atoms with Crippen LogP contribution in [0.1, 0.15) is 24.8 Å². The number of ether oxygens (including phenoxy) is 1. The number of amides is 1. The number of unbranched alkanes of at least 4 members (excludes halogenated alkanes) is 1. The highest BCUT2D eigenvalue weighted by atomic mass is 31.2. The van der Waals surface area contributed by atoms with Crippen molar-refractivity contribution in [1.82, 2.24) is 4.90 Å². The van der Waals surface area contributed by atoms with Crippen LogP contribution in [0.2, 0.25) is 0 Å². The Morgan fingerprint density at radius 1 is 1.29 bits per heavy atom. The lowest BCUT2D eigenvalue weighted by Gasteiger charge is -2.31. The molecule has 0 aliphatic carbocycles. The summed E-state index contributed by atoms with van der Waals surface area (Å²) in [4.78, 5) is 31.1. The van der Waals surface area contributed by atoms with Crippen LogP contribution < -0.4 is 0 Å². The van der Waals surface area contributed by atoms with Crippen LogP contribution in [-0.4, -0.2) is 57.3 Å². The van der Waals surface area contributed by atoms with E-state index in [1.54, 1.807) is 6.08 Å². The molecule has 0 saturated carbocycles. The number of hydrogen-bond donors (Lipinski definition) is 3. The average Bonchev–Trinajstić information content (AvgIpc) is 2.64. The molecule has 0 bridgehead atoms. The van der Waals surface area contributed by atoms with Crippen molar-refractivity contribution in [2.75, 3.05) is 19.3 Å². The van der Waals surface area contributed by atoms with Crippen LogP contribution in [-0.2, 0) is 15.7 Å². The highest BCUT2D eigenvalue weighted by Gasteiger charge is 2.27. The van der Waals surface area contributed by atoms with E-state index >= 15 is 0 Å². The number of nitrogens with zero attached hydrogens (tertiary/aromatic N) is 1. The van der Waals surface area contributed by atoms with E-state index in [2.05, 4.69) is 11.8 Å². The van der Waals surface area contributed by atoms with Crippen LogP contribution in [0.3, 0.4) is 0 Å². The quantitative estimate of drug-likeness (QED) is 0.264. The predicted octanol–water partition coefficient (Wildman–Crippen LogP) is 2.32. The normalized spacial score (nSPS) is 18.5. The standard InChI is InChI=1S/C20H26NO6P/c22-19(16-17-8-4-3-5-9-17)11-10-18-12-14-27-20(23)21(18)13-6-1-2-7-15-28(24,25)26/h3-5,8-11,18-19,22H,2,7,12-16H2,(H2,24,25,26)/t18-,19?/m0/s1. The second-order valence-corrected chi connectivity index (χ2v) is 8.36. The third-order valence-electron chi connectivity index (χ3n) is 4.24. The highest BCUT2D eigenvalue weighted by Crippen LogP contribution is 2.35. The largest absolute Gasteiger partial charge is 0.449 e. The Morgan fingerprint density at radius 3 is 2.75 bits per heavy atom. The van der Waals surface area contributed by atoms with Crippen molar-refractivity contribution in [1.29, 1.82) is 0 Å². The van der Waals surface area contributed by atoms with Crippen LogP contribution >= 0.6 is 7.60 Å². The van der Waals surface area contributed by atoms with Gasteiger partial charge in [0, 0.05) is 19.3 Å². The van der Waals surface area contributed by atoms with Crippen molar-refractivity contribution < 1.29 is 29.0 Å². The van der Waals surface area contributed by atoms with Gasteiger partial charge in [-0.15, -0.1) is 5.92 Å². The third-order valence-corrected chi connectivity index (χ3v) is 5.14. The fourth-order valence-electron chi connectivity index (χ4n) is 2.81. The van der Waals surface area contributed by atoms with Gasteiger partial charge in [0.1, 0.15) is 0 Å². The lowest BCUT2D eigenvalue weighted by molar-refractivity contribution is 0.0618. The van der Waals surface area contributed by atoms with Crippen LogP contribution in [0.4, 0.5) is 4.79 Å². The Bertz CT molecular complexity index is 764. The molecule has 1 aliphatic rings. The van der Waals surface area contributed by atoms with E-state index in [9.17, 15) is 14.5 Å². The van der Waals surface area contributed by atoms with E-state index in [0.717, 1.165) is 5.56 Å². The van der Waals surface area contributed by atoms with Crippen LogP contribution in [0.5, 0.6) is 0 Å². The van der Waals surface area contributed by atoms with Crippen LogP contribution in [0.25, 0.3) is 0 Å². The van der Waals surface area contributed by atoms with Gasteiger partial charge in [0.25, 0.3) is 0 Å². The Labute approximate surface area is 165 Å². The zero-order chi connectivity index (χ0) is 20.4. The van der Waals surface area contributed by atoms with Gasteiger partial charge >= 0.3 is 13.7 Å². The molecule has 1 fully saturated rings. The summed E-state index contributed by atoms with van der Waals surface area (Å²) in [5.41, 5.74) is 1.03. The molecule has 7 nitrogen and oxygen atoms in total. The van der Waals surface area contributed by atoms with Crippen molar-refractivity contribution in [2.45, 2.75) is 37.8 Å². The molecule has 1 amide bonds. The maximum atomic E-state index is 12.0. The number of hydrogen-bond acceptors (Lipinski definition) is 4. The lowest BCUT2D eigenvalue weighted by Crippen LogP contribution is -2.44. The van der Waals surface area contributed by atoms with Gasteiger partial charge in [-0.25, -0.2) is 4.79 Å². The predicted molar refractivity (Wildman–Crippen MR) is 106 cm³/mol. The van der Waals surface area contributed by atoms with Gasteiger partial charge in [-0.2, -0.15) is 0 Å². The fraction of sp³-hybridized carbons (Fsp3) is 0.450. The molecule has 28 heavy (non-hydrogen) atoms. The van der Waals surface area contributed by atoms with Gasteiger partial charge in [0.15, 0.2) is 0 Å². The Hall–Kier alpha value is -2.10. The van der Waals surface area contributed by atoms with Crippen molar-refractivity contribution in [3.63, 3.8) is 0 Å². The summed E-state index contributed by atoms with van der Waals surface area (Å²) in [6.45, 7) is 0.480. The minimum atomic E-state index is -3.99. The van der Waals surface area contributed by atoms with Gasteiger partial charge in [-0.3, -0.25) is 9.46 Å². The number of benzene rings is 1. The molecule has 3 N–H and O–H groups in total. The fourth-order valence-corrected chi connectivity index (χ4v) is 3.38. The molecule has 1 unspecified atom stereocenters. The second kappa shape index (κ2) is 11.0. The van der Waals surface area contributed by atoms with Crippen LogP contribution in [0, 0.1) is 11.8 Å². The zero-order valence-electron chi connectivity index (χ0n) is 15.6. The molecule has 1 aliphatic heterocycles. The number of rotatable bonds is 8. The van der Waals surface area contributed by atoms with Crippen molar-refractivity contribution >= 4 is 13.7 Å². The second-order valence-electron chi connectivity index (χ2n) is 6.59.